The zero-order chi connectivity index (χ0) is 23.7. The van der Waals surface area contributed by atoms with Crippen LogP contribution in [0.25, 0.3) is 0 Å². The number of esters is 3. The minimum atomic E-state index is -1.45. The molecule has 0 aromatic heterocycles. The number of aliphatic imine (C=N–C) groups is 1. The lowest BCUT2D eigenvalue weighted by molar-refractivity contribution is -0.181. The molecule has 0 heterocycles. The van der Waals surface area contributed by atoms with E-state index >= 15 is 0 Å². The lowest BCUT2D eigenvalue weighted by Crippen LogP contribution is -2.49. The summed E-state index contributed by atoms with van der Waals surface area (Å²) in [7, 11) is 1.18. The molecule has 0 saturated carbocycles. The van der Waals surface area contributed by atoms with Crippen molar-refractivity contribution in [1.82, 2.24) is 0 Å². The second-order valence-electron chi connectivity index (χ2n) is 7.57. The van der Waals surface area contributed by atoms with E-state index < -0.39 is 36.2 Å². The molecule has 0 amide bonds. The SMILES string of the molecule is COC(=O)[C@H](OC(C)=O)[C@@H](OC(C)=O)[C@@H](N=C(c1ccccc1)c1ccccc1)C(C)C. The van der Waals surface area contributed by atoms with Crippen molar-refractivity contribution < 1.29 is 28.6 Å². The fourth-order valence-electron chi connectivity index (χ4n) is 3.31. The number of rotatable bonds is 9. The molecule has 170 valence electrons. The third-order valence-electron chi connectivity index (χ3n) is 4.72. The molecule has 0 aliphatic heterocycles. The molecule has 3 atom stereocenters. The Morgan fingerprint density at radius 1 is 0.781 bits per heavy atom. The highest BCUT2D eigenvalue weighted by molar-refractivity contribution is 6.13. The highest BCUT2D eigenvalue weighted by Gasteiger charge is 2.42. The molecule has 0 aliphatic rings. The van der Waals surface area contributed by atoms with Gasteiger partial charge in [-0.1, -0.05) is 74.5 Å². The topological polar surface area (TPSA) is 91.3 Å². The Labute approximate surface area is 188 Å². The molecule has 0 bridgehead atoms. The largest absolute Gasteiger partial charge is 0.466 e. The number of ether oxygens (including phenoxy) is 3. The first-order valence-electron chi connectivity index (χ1n) is 10.4. The summed E-state index contributed by atoms with van der Waals surface area (Å²) in [4.78, 5) is 41.1. The number of hydrogen-bond acceptors (Lipinski definition) is 7. The van der Waals surface area contributed by atoms with Gasteiger partial charge in [-0.2, -0.15) is 0 Å². The van der Waals surface area contributed by atoms with E-state index in [1.54, 1.807) is 0 Å². The Bertz CT molecular complexity index is 898. The molecule has 0 radical (unpaired) electrons. The van der Waals surface area contributed by atoms with Crippen LogP contribution in [-0.4, -0.2) is 49.0 Å². The summed E-state index contributed by atoms with van der Waals surface area (Å²) in [6.07, 6.45) is -2.63. The molecule has 2 aromatic rings. The van der Waals surface area contributed by atoms with Gasteiger partial charge in [0.25, 0.3) is 0 Å². The highest BCUT2D eigenvalue weighted by atomic mass is 16.6. The molecule has 2 rings (SSSR count). The second kappa shape index (κ2) is 11.8. The molecule has 7 heteroatoms. The van der Waals surface area contributed by atoms with Gasteiger partial charge in [0.05, 0.1) is 18.9 Å². The third kappa shape index (κ3) is 6.77. The van der Waals surface area contributed by atoms with Crippen LogP contribution in [0.2, 0.25) is 0 Å². The van der Waals surface area contributed by atoms with Gasteiger partial charge < -0.3 is 14.2 Å². The van der Waals surface area contributed by atoms with Crippen LogP contribution in [0.5, 0.6) is 0 Å². The molecule has 0 unspecified atom stereocenters. The van der Waals surface area contributed by atoms with E-state index in [1.807, 2.05) is 74.5 Å². The molecule has 2 aromatic carbocycles. The van der Waals surface area contributed by atoms with Gasteiger partial charge in [0.2, 0.25) is 6.10 Å². The predicted molar refractivity (Wildman–Crippen MR) is 120 cm³/mol. The van der Waals surface area contributed by atoms with Crippen molar-refractivity contribution >= 4 is 23.6 Å². The lowest BCUT2D eigenvalue weighted by atomic mass is 9.93. The quantitative estimate of drug-likeness (QED) is 0.337. The molecular formula is C25H29NO6. The van der Waals surface area contributed by atoms with E-state index in [9.17, 15) is 14.4 Å². The first kappa shape index (κ1) is 24.8. The Hall–Kier alpha value is -3.48. The van der Waals surface area contributed by atoms with Gasteiger partial charge in [0.1, 0.15) is 0 Å². The van der Waals surface area contributed by atoms with Crippen LogP contribution in [-0.2, 0) is 28.6 Å². The molecule has 0 saturated heterocycles. The number of carbonyl (C=O) groups excluding carboxylic acids is 3. The van der Waals surface area contributed by atoms with Crippen molar-refractivity contribution in [2.45, 2.75) is 45.9 Å². The zero-order valence-corrected chi connectivity index (χ0v) is 19.0. The normalized spacial score (nSPS) is 13.4. The summed E-state index contributed by atoms with van der Waals surface area (Å²) in [6.45, 7) is 6.18. The van der Waals surface area contributed by atoms with Gasteiger partial charge in [-0.15, -0.1) is 0 Å². The average Bonchev–Trinajstić information content (AvgIpc) is 2.77. The van der Waals surface area contributed by atoms with E-state index in [4.69, 9.17) is 19.2 Å². The Kier molecular flexibility index (Phi) is 9.13. The Balaban J connectivity index is 2.67. The van der Waals surface area contributed by atoms with E-state index in [1.165, 1.54) is 21.0 Å². The summed E-state index contributed by atoms with van der Waals surface area (Å²) in [6, 6.07) is 18.4. The van der Waals surface area contributed by atoms with Crippen LogP contribution in [0.4, 0.5) is 0 Å². The first-order valence-corrected chi connectivity index (χ1v) is 10.4. The van der Waals surface area contributed by atoms with E-state index in [-0.39, 0.29) is 5.92 Å². The summed E-state index contributed by atoms with van der Waals surface area (Å²) >= 11 is 0. The van der Waals surface area contributed by atoms with Crippen molar-refractivity contribution in [2.75, 3.05) is 7.11 Å². The molecule has 7 nitrogen and oxygen atoms in total. The molecule has 0 aliphatic carbocycles. The van der Waals surface area contributed by atoms with Gasteiger partial charge in [0.15, 0.2) is 6.10 Å². The highest BCUT2D eigenvalue weighted by Crippen LogP contribution is 2.23. The van der Waals surface area contributed by atoms with Gasteiger partial charge in [-0.05, 0) is 5.92 Å². The van der Waals surface area contributed by atoms with Crippen LogP contribution >= 0.6 is 0 Å². The van der Waals surface area contributed by atoms with Gasteiger partial charge >= 0.3 is 17.9 Å². The van der Waals surface area contributed by atoms with Crippen molar-refractivity contribution in [3.63, 3.8) is 0 Å². The van der Waals surface area contributed by atoms with E-state index in [2.05, 4.69) is 0 Å². The summed E-state index contributed by atoms with van der Waals surface area (Å²) < 4.78 is 15.6. The molecule has 0 spiro atoms. The maximum Gasteiger partial charge on any atom is 0.351 e. The molecule has 32 heavy (non-hydrogen) atoms. The van der Waals surface area contributed by atoms with Crippen LogP contribution in [0.1, 0.15) is 38.8 Å². The van der Waals surface area contributed by atoms with Crippen LogP contribution < -0.4 is 0 Å². The van der Waals surface area contributed by atoms with Crippen LogP contribution in [0.3, 0.4) is 0 Å². The standard InChI is InChI=1S/C25H29NO6/c1-16(2)21(23(31-17(3)27)24(25(29)30-5)32-18(4)28)26-22(19-12-8-6-9-13-19)20-14-10-7-11-15-20/h6-16,21,23-24H,1-5H3/t21-,23-,24+/m0/s1. The van der Waals surface area contributed by atoms with E-state index in [0.717, 1.165) is 11.1 Å². The lowest BCUT2D eigenvalue weighted by Gasteiger charge is -2.31. The molecule has 0 fully saturated rings. The summed E-state index contributed by atoms with van der Waals surface area (Å²) in [5.41, 5.74) is 2.37. The number of carbonyl (C=O) groups is 3. The van der Waals surface area contributed by atoms with E-state index in [0.29, 0.717) is 5.71 Å². The average molecular weight is 440 g/mol. The Morgan fingerprint density at radius 2 is 1.25 bits per heavy atom. The van der Waals surface area contributed by atoms with Crippen molar-refractivity contribution in [3.05, 3.63) is 71.8 Å². The number of benzene rings is 2. The molecule has 0 N–H and O–H groups in total. The molecular weight excluding hydrogens is 410 g/mol. The monoisotopic (exact) mass is 439 g/mol. The predicted octanol–water partition coefficient (Wildman–Crippen LogP) is 3.59. The van der Waals surface area contributed by atoms with Gasteiger partial charge in [-0.3, -0.25) is 14.6 Å². The van der Waals surface area contributed by atoms with Crippen molar-refractivity contribution in [3.8, 4) is 0 Å². The maximum atomic E-state index is 12.5. The number of methoxy groups -OCH3 is 1. The smallest absolute Gasteiger partial charge is 0.351 e. The van der Waals surface area contributed by atoms with Crippen molar-refractivity contribution in [2.24, 2.45) is 10.9 Å². The minimum absolute atomic E-state index is 0.176. The van der Waals surface area contributed by atoms with Gasteiger partial charge in [-0.25, -0.2) is 4.79 Å². The van der Waals surface area contributed by atoms with Gasteiger partial charge in [0, 0.05) is 25.0 Å². The maximum absolute atomic E-state index is 12.5. The van der Waals surface area contributed by atoms with Crippen molar-refractivity contribution in [1.29, 1.82) is 0 Å². The Morgan fingerprint density at radius 3 is 1.62 bits per heavy atom. The minimum Gasteiger partial charge on any atom is -0.466 e. The second-order valence-corrected chi connectivity index (χ2v) is 7.57. The number of nitrogens with zero attached hydrogens (tertiary/aromatic N) is 1. The number of hydrogen-bond donors (Lipinski definition) is 0. The summed E-state index contributed by atoms with van der Waals surface area (Å²) in [5.74, 6) is -2.33. The fraction of sp³-hybridized carbons (Fsp3) is 0.360. The van der Waals surface area contributed by atoms with Crippen LogP contribution in [0.15, 0.2) is 65.7 Å². The zero-order valence-electron chi connectivity index (χ0n) is 19.0. The first-order chi connectivity index (χ1) is 15.2. The summed E-state index contributed by atoms with van der Waals surface area (Å²) in [5, 5.41) is 0. The fourth-order valence-corrected chi connectivity index (χ4v) is 3.31. The van der Waals surface area contributed by atoms with Crippen LogP contribution in [0, 0.1) is 5.92 Å². The third-order valence-corrected chi connectivity index (χ3v) is 4.72.